The number of aliphatic imine (C=N–C) groups is 1. The molecule has 5 nitrogen and oxygen atoms in total. The van der Waals surface area contributed by atoms with Gasteiger partial charge in [0.05, 0.1) is 28.2 Å². The average molecular weight is 403 g/mol. The van der Waals surface area contributed by atoms with Crippen LogP contribution < -0.4 is 5.32 Å². The number of halogens is 3. The summed E-state index contributed by atoms with van der Waals surface area (Å²) in [5.41, 5.74) is 3.52. The second-order valence-electron chi connectivity index (χ2n) is 7.66. The fraction of sp³-hybridized carbons (Fsp3) is 0.429. The first-order valence-corrected chi connectivity index (χ1v) is 9.36. The molecule has 29 heavy (non-hydrogen) atoms. The number of nitrogens with one attached hydrogen (secondary N) is 1. The predicted molar refractivity (Wildman–Crippen MR) is 109 cm³/mol. The van der Waals surface area contributed by atoms with E-state index in [4.69, 9.17) is 0 Å². The third-order valence-electron chi connectivity index (χ3n) is 5.06. The van der Waals surface area contributed by atoms with Crippen LogP contribution in [0.5, 0.6) is 0 Å². The second kappa shape index (κ2) is 7.57. The summed E-state index contributed by atoms with van der Waals surface area (Å²) < 4.78 is 39.2. The maximum atomic E-state index is 13.1. The summed E-state index contributed by atoms with van der Waals surface area (Å²) >= 11 is 0. The molecule has 154 valence electrons. The van der Waals surface area contributed by atoms with Crippen molar-refractivity contribution in [1.29, 1.82) is 0 Å². The highest BCUT2D eigenvalue weighted by molar-refractivity contribution is 5.83. The van der Waals surface area contributed by atoms with Gasteiger partial charge in [-0.2, -0.15) is 13.2 Å². The van der Waals surface area contributed by atoms with Crippen molar-refractivity contribution < 1.29 is 13.2 Å². The minimum atomic E-state index is -4.21. The fourth-order valence-corrected chi connectivity index (χ4v) is 3.03. The molecule has 0 unspecified atom stereocenters. The summed E-state index contributed by atoms with van der Waals surface area (Å²) in [5.74, 6) is 0.182. The Morgan fingerprint density at radius 3 is 2.38 bits per heavy atom. The Balaban J connectivity index is 1.76. The summed E-state index contributed by atoms with van der Waals surface area (Å²) in [7, 11) is 0. The molecule has 0 bridgehead atoms. The van der Waals surface area contributed by atoms with E-state index in [1.807, 2.05) is 32.9 Å². The summed E-state index contributed by atoms with van der Waals surface area (Å²) in [6.07, 6.45) is -2.36. The molecule has 0 aromatic carbocycles. The zero-order valence-electron chi connectivity index (χ0n) is 17.0. The summed E-state index contributed by atoms with van der Waals surface area (Å²) in [5, 5.41) is 2.73. The van der Waals surface area contributed by atoms with Crippen LogP contribution in [0.25, 0.3) is 5.57 Å². The van der Waals surface area contributed by atoms with E-state index in [0.717, 1.165) is 17.1 Å². The molecule has 0 atom stereocenters. The van der Waals surface area contributed by atoms with E-state index in [9.17, 15) is 13.2 Å². The number of aromatic nitrogens is 3. The zero-order valence-corrected chi connectivity index (χ0v) is 17.0. The first kappa shape index (κ1) is 21.0. The molecule has 8 heteroatoms. The van der Waals surface area contributed by atoms with Crippen LogP contribution in [0.1, 0.15) is 49.3 Å². The summed E-state index contributed by atoms with van der Waals surface area (Å²) in [6, 6.07) is 3.72. The maximum Gasteiger partial charge on any atom is 0.396 e. The minimum absolute atomic E-state index is 0.139. The molecule has 2 aromatic heterocycles. The van der Waals surface area contributed by atoms with Crippen LogP contribution >= 0.6 is 0 Å². The predicted octanol–water partition coefficient (Wildman–Crippen LogP) is 5.42. The lowest BCUT2D eigenvalue weighted by Crippen LogP contribution is -2.31. The molecular weight excluding hydrogens is 379 g/mol. The first-order valence-electron chi connectivity index (χ1n) is 9.36. The van der Waals surface area contributed by atoms with Crippen LogP contribution in [-0.2, 0) is 0 Å². The summed E-state index contributed by atoms with van der Waals surface area (Å²) in [6.45, 7) is 11.4. The van der Waals surface area contributed by atoms with Crippen molar-refractivity contribution in [2.45, 2.75) is 46.7 Å². The topological polar surface area (TPSA) is 63.1 Å². The van der Waals surface area contributed by atoms with Gasteiger partial charge < -0.3 is 5.32 Å². The van der Waals surface area contributed by atoms with E-state index in [1.165, 1.54) is 0 Å². The Hall–Kier alpha value is -2.77. The number of hydrogen-bond acceptors (Lipinski definition) is 5. The average Bonchev–Trinajstić information content (AvgIpc) is 3.42. The number of rotatable bonds is 6. The molecule has 2 aromatic rings. The molecule has 0 spiro atoms. The van der Waals surface area contributed by atoms with Crippen LogP contribution in [0.15, 0.2) is 29.9 Å². The smallest absolute Gasteiger partial charge is 0.353 e. The number of nitrogens with zero attached hydrogens (tertiary/aromatic N) is 4. The van der Waals surface area contributed by atoms with Crippen LogP contribution in [0.4, 0.5) is 24.8 Å². The van der Waals surface area contributed by atoms with Gasteiger partial charge in [0.2, 0.25) is 5.95 Å². The Bertz CT molecular complexity index is 971. The molecule has 0 aliphatic heterocycles. The lowest BCUT2D eigenvalue weighted by atomic mass is 10.0. The van der Waals surface area contributed by atoms with Gasteiger partial charge in [-0.25, -0.2) is 9.97 Å². The second-order valence-corrected chi connectivity index (χ2v) is 7.66. The van der Waals surface area contributed by atoms with E-state index in [1.54, 1.807) is 13.1 Å². The molecule has 1 saturated carbocycles. The first-order chi connectivity index (χ1) is 13.5. The lowest BCUT2D eigenvalue weighted by molar-refractivity contribution is -0.182. The Morgan fingerprint density at radius 1 is 1.17 bits per heavy atom. The highest BCUT2D eigenvalue weighted by Crippen LogP contribution is 2.57. The van der Waals surface area contributed by atoms with Gasteiger partial charge in [0, 0.05) is 29.6 Å². The highest BCUT2D eigenvalue weighted by atomic mass is 19.4. The number of pyridine rings is 1. The number of aryl methyl sites for hydroxylation is 2. The summed E-state index contributed by atoms with van der Waals surface area (Å²) in [4.78, 5) is 17.5. The lowest BCUT2D eigenvalue weighted by Gasteiger charge is -2.19. The molecule has 1 aliphatic rings. The van der Waals surface area contributed by atoms with E-state index in [0.29, 0.717) is 22.5 Å². The van der Waals surface area contributed by atoms with Crippen molar-refractivity contribution in [2.24, 2.45) is 10.4 Å². The molecule has 0 radical (unpaired) electrons. The zero-order chi connectivity index (χ0) is 21.4. The van der Waals surface area contributed by atoms with Crippen molar-refractivity contribution in [3.05, 3.63) is 47.6 Å². The maximum absolute atomic E-state index is 13.1. The quantitative estimate of drug-likeness (QED) is 0.655. The van der Waals surface area contributed by atoms with Crippen LogP contribution in [0.2, 0.25) is 0 Å². The molecule has 3 rings (SSSR count). The molecule has 1 fully saturated rings. The van der Waals surface area contributed by atoms with Crippen LogP contribution in [0.3, 0.4) is 0 Å². The number of anilines is 1. The molecule has 0 amide bonds. The molecule has 2 heterocycles. The van der Waals surface area contributed by atoms with E-state index in [2.05, 4.69) is 31.8 Å². The van der Waals surface area contributed by atoms with Gasteiger partial charge in [-0.15, -0.1) is 0 Å². The van der Waals surface area contributed by atoms with Crippen molar-refractivity contribution in [3.63, 3.8) is 0 Å². The van der Waals surface area contributed by atoms with Gasteiger partial charge in [0.1, 0.15) is 0 Å². The minimum Gasteiger partial charge on any atom is -0.353 e. The molecular formula is C21H24F3N5. The Kier molecular flexibility index (Phi) is 5.47. The molecule has 1 N–H and O–H groups in total. The van der Waals surface area contributed by atoms with Gasteiger partial charge >= 0.3 is 6.18 Å². The van der Waals surface area contributed by atoms with Gasteiger partial charge in [0.25, 0.3) is 0 Å². The third-order valence-corrected chi connectivity index (χ3v) is 5.06. The van der Waals surface area contributed by atoms with Crippen molar-refractivity contribution in [3.8, 4) is 0 Å². The SMILES string of the molecule is C=C(c1ccc(N=C(C)C)c(C)n1)c1cnc(NCC2(C(F)(F)F)CC2)nc1C. The van der Waals surface area contributed by atoms with Gasteiger partial charge in [-0.05, 0) is 52.7 Å². The van der Waals surface area contributed by atoms with E-state index in [-0.39, 0.29) is 25.3 Å². The Labute approximate surface area is 168 Å². The van der Waals surface area contributed by atoms with Crippen LogP contribution in [-0.4, -0.2) is 33.4 Å². The van der Waals surface area contributed by atoms with E-state index < -0.39 is 11.6 Å². The Morgan fingerprint density at radius 2 is 1.86 bits per heavy atom. The van der Waals surface area contributed by atoms with Gasteiger partial charge in [-0.3, -0.25) is 9.98 Å². The normalized spacial score (nSPS) is 15.0. The molecule has 0 saturated heterocycles. The fourth-order valence-electron chi connectivity index (χ4n) is 3.03. The third kappa shape index (κ3) is 4.46. The number of hydrogen-bond donors (Lipinski definition) is 1. The van der Waals surface area contributed by atoms with Crippen molar-refractivity contribution in [2.75, 3.05) is 11.9 Å². The highest BCUT2D eigenvalue weighted by Gasteiger charge is 2.62. The monoisotopic (exact) mass is 403 g/mol. The van der Waals surface area contributed by atoms with Gasteiger partial charge in [-0.1, -0.05) is 6.58 Å². The van der Waals surface area contributed by atoms with Crippen molar-refractivity contribution >= 4 is 22.9 Å². The number of alkyl halides is 3. The van der Waals surface area contributed by atoms with E-state index >= 15 is 0 Å². The largest absolute Gasteiger partial charge is 0.396 e. The molecule has 1 aliphatic carbocycles. The van der Waals surface area contributed by atoms with Crippen molar-refractivity contribution in [1.82, 2.24) is 15.0 Å². The van der Waals surface area contributed by atoms with Gasteiger partial charge in [0.15, 0.2) is 0 Å². The van der Waals surface area contributed by atoms with Crippen LogP contribution in [0, 0.1) is 19.3 Å². The standard InChI is InChI=1S/C21H24F3N5/c1-12(2)27-18-7-6-17(28-15(18)5)13(3)16-10-25-19(29-14(16)4)26-11-20(8-9-20)21(22,23)24/h6-7,10H,3,8-9,11H2,1-2,4-5H3,(H,25,26,29).